The zero-order valence-corrected chi connectivity index (χ0v) is 23.5. The van der Waals surface area contributed by atoms with Crippen molar-refractivity contribution in [3.8, 4) is 5.82 Å². The van der Waals surface area contributed by atoms with Gasteiger partial charge in [-0.05, 0) is 59.2 Å². The molecule has 0 saturated heterocycles. The number of fused-ring (bicyclic) bond motifs is 9. The van der Waals surface area contributed by atoms with Crippen LogP contribution in [0.5, 0.6) is 0 Å². The molecule has 0 saturated carbocycles. The van der Waals surface area contributed by atoms with Crippen LogP contribution in [-0.4, -0.2) is 14.5 Å². The summed E-state index contributed by atoms with van der Waals surface area (Å²) in [6.45, 7) is 0. The minimum atomic E-state index is 0.342. The van der Waals surface area contributed by atoms with Crippen molar-refractivity contribution in [1.82, 2.24) is 14.5 Å². The molecule has 41 heavy (non-hydrogen) atoms. The van der Waals surface area contributed by atoms with Crippen LogP contribution in [0.2, 0.25) is 5.02 Å². The van der Waals surface area contributed by atoms with E-state index in [-0.39, 0.29) is 0 Å². The molecule has 1 aliphatic heterocycles. The van der Waals surface area contributed by atoms with Gasteiger partial charge in [0.15, 0.2) is 5.82 Å². The summed E-state index contributed by atoms with van der Waals surface area (Å²) in [5, 5.41) is 5.48. The van der Waals surface area contributed by atoms with Gasteiger partial charge in [0.25, 0.3) is 0 Å². The van der Waals surface area contributed by atoms with Gasteiger partial charge >= 0.3 is 0 Å². The van der Waals surface area contributed by atoms with Gasteiger partial charge in [0.1, 0.15) is 5.69 Å². The van der Waals surface area contributed by atoms with Crippen LogP contribution >= 0.6 is 23.4 Å². The maximum atomic E-state index is 6.66. The summed E-state index contributed by atoms with van der Waals surface area (Å²) >= 11 is 8.53. The van der Waals surface area contributed by atoms with E-state index in [4.69, 9.17) is 21.6 Å². The summed E-state index contributed by atoms with van der Waals surface area (Å²) in [5.41, 5.74) is 7.32. The van der Waals surface area contributed by atoms with E-state index < -0.39 is 0 Å². The highest BCUT2D eigenvalue weighted by Gasteiger charge is 2.33. The predicted octanol–water partition coefficient (Wildman–Crippen LogP) is 10.1. The van der Waals surface area contributed by atoms with Crippen molar-refractivity contribution in [1.29, 1.82) is 0 Å². The number of rotatable bonds is 2. The molecular weight excluding hydrogens is 542 g/mol. The molecule has 2 aliphatic rings. The topological polar surface area (TPSA) is 30.7 Å². The zero-order chi connectivity index (χ0) is 27.1. The minimum Gasteiger partial charge on any atom is -0.292 e. The predicted molar refractivity (Wildman–Crippen MR) is 172 cm³/mol. The van der Waals surface area contributed by atoms with Crippen molar-refractivity contribution in [3.63, 3.8) is 0 Å². The highest BCUT2D eigenvalue weighted by Crippen LogP contribution is 2.55. The molecule has 194 valence electrons. The first kappa shape index (κ1) is 23.3. The van der Waals surface area contributed by atoms with Crippen LogP contribution in [-0.2, 0) is 0 Å². The molecular formula is C36H22ClN3S. The molecule has 1 atom stereocenters. The molecule has 0 bridgehead atoms. The quantitative estimate of drug-likeness (QED) is 0.210. The van der Waals surface area contributed by atoms with Crippen LogP contribution < -0.4 is 0 Å². The Hall–Kier alpha value is -4.38. The lowest BCUT2D eigenvalue weighted by Gasteiger charge is -2.21. The lowest BCUT2D eigenvalue weighted by Crippen LogP contribution is -2.08. The number of aromatic nitrogens is 3. The molecule has 1 aliphatic carbocycles. The normalized spacial score (nSPS) is 16.3. The van der Waals surface area contributed by atoms with Gasteiger partial charge in [-0.1, -0.05) is 102 Å². The van der Waals surface area contributed by atoms with E-state index in [0.29, 0.717) is 10.9 Å². The Bertz CT molecular complexity index is 2290. The van der Waals surface area contributed by atoms with Crippen LogP contribution in [0.25, 0.3) is 55.0 Å². The average Bonchev–Trinajstić information content (AvgIpc) is 3.56. The minimum absolute atomic E-state index is 0.342. The second-order valence-electron chi connectivity index (χ2n) is 10.7. The van der Waals surface area contributed by atoms with Gasteiger partial charge < -0.3 is 0 Å². The van der Waals surface area contributed by atoms with Crippen LogP contribution in [0.1, 0.15) is 23.6 Å². The SMILES string of the molecule is Clc1ccc2c3c4ccccc4ccc3n(-c3nc4ccccc4nc3C3=C4Sc5ccccc5C4CC=C3)c2c1. The van der Waals surface area contributed by atoms with Gasteiger partial charge in [0.05, 0.1) is 22.1 Å². The second-order valence-corrected chi connectivity index (χ2v) is 12.2. The fourth-order valence-corrected chi connectivity index (χ4v) is 8.10. The number of nitrogens with zero attached hydrogens (tertiary/aromatic N) is 3. The monoisotopic (exact) mass is 563 g/mol. The van der Waals surface area contributed by atoms with E-state index in [1.807, 2.05) is 36.0 Å². The fourth-order valence-electron chi connectivity index (χ4n) is 6.58. The summed E-state index contributed by atoms with van der Waals surface area (Å²) in [7, 11) is 0. The van der Waals surface area contributed by atoms with Crippen LogP contribution in [0.3, 0.4) is 0 Å². The maximum absolute atomic E-state index is 6.66. The molecule has 0 spiro atoms. The average molecular weight is 564 g/mol. The third kappa shape index (κ3) is 3.41. The maximum Gasteiger partial charge on any atom is 0.165 e. The summed E-state index contributed by atoms with van der Waals surface area (Å²) < 4.78 is 2.27. The number of allylic oxidation sites excluding steroid dienone is 4. The summed E-state index contributed by atoms with van der Waals surface area (Å²) in [6, 6.07) is 36.1. The van der Waals surface area contributed by atoms with E-state index >= 15 is 0 Å². The molecule has 3 nitrogen and oxygen atoms in total. The zero-order valence-electron chi connectivity index (χ0n) is 21.9. The Morgan fingerprint density at radius 2 is 1.56 bits per heavy atom. The smallest absolute Gasteiger partial charge is 0.165 e. The van der Waals surface area contributed by atoms with Gasteiger partial charge in [-0.25, -0.2) is 9.97 Å². The first-order valence-electron chi connectivity index (χ1n) is 13.8. The lowest BCUT2D eigenvalue weighted by atomic mass is 9.88. The van der Waals surface area contributed by atoms with E-state index in [0.717, 1.165) is 51.0 Å². The third-order valence-corrected chi connectivity index (χ3v) is 9.94. The highest BCUT2D eigenvalue weighted by molar-refractivity contribution is 8.03. The van der Waals surface area contributed by atoms with Gasteiger partial charge in [0, 0.05) is 37.1 Å². The van der Waals surface area contributed by atoms with Crippen LogP contribution in [0.4, 0.5) is 0 Å². The molecule has 0 amide bonds. The summed E-state index contributed by atoms with van der Waals surface area (Å²) in [4.78, 5) is 13.4. The first-order valence-corrected chi connectivity index (χ1v) is 15.0. The van der Waals surface area contributed by atoms with Crippen molar-refractivity contribution in [2.24, 2.45) is 0 Å². The molecule has 3 heterocycles. The summed E-state index contributed by atoms with van der Waals surface area (Å²) in [6.07, 6.45) is 5.54. The number of para-hydroxylation sites is 2. The molecule has 0 N–H and O–H groups in total. The first-order chi connectivity index (χ1) is 20.2. The van der Waals surface area contributed by atoms with Crippen molar-refractivity contribution >= 4 is 72.5 Å². The molecule has 2 aromatic heterocycles. The Morgan fingerprint density at radius 3 is 2.49 bits per heavy atom. The molecule has 0 fully saturated rings. The van der Waals surface area contributed by atoms with Crippen LogP contribution in [0.15, 0.2) is 125 Å². The van der Waals surface area contributed by atoms with Gasteiger partial charge in [-0.3, -0.25) is 4.57 Å². The number of benzene rings is 5. The van der Waals surface area contributed by atoms with Gasteiger partial charge in [0.2, 0.25) is 0 Å². The third-order valence-electron chi connectivity index (χ3n) is 8.39. The Balaban J connectivity index is 1.42. The molecule has 1 unspecified atom stereocenters. The van der Waals surface area contributed by atoms with E-state index in [2.05, 4.69) is 95.6 Å². The van der Waals surface area contributed by atoms with E-state index in [9.17, 15) is 0 Å². The Labute approximate surface area is 245 Å². The molecule has 5 heteroatoms. The second kappa shape index (κ2) is 8.81. The van der Waals surface area contributed by atoms with Crippen molar-refractivity contribution < 1.29 is 0 Å². The summed E-state index contributed by atoms with van der Waals surface area (Å²) in [5.74, 6) is 1.17. The number of thioether (sulfide) groups is 1. The fraction of sp³-hybridized carbons (Fsp3) is 0.0556. The van der Waals surface area contributed by atoms with Crippen molar-refractivity contribution in [2.75, 3.05) is 0 Å². The van der Waals surface area contributed by atoms with Crippen LogP contribution in [0, 0.1) is 0 Å². The van der Waals surface area contributed by atoms with Crippen molar-refractivity contribution in [2.45, 2.75) is 17.2 Å². The number of hydrogen-bond donors (Lipinski definition) is 0. The Kier molecular flexibility index (Phi) is 5.01. The molecule has 7 aromatic rings. The number of halogens is 1. The molecule has 5 aromatic carbocycles. The lowest BCUT2D eigenvalue weighted by molar-refractivity contribution is 0.839. The highest BCUT2D eigenvalue weighted by atomic mass is 35.5. The van der Waals surface area contributed by atoms with E-state index in [1.54, 1.807) is 0 Å². The molecule has 0 radical (unpaired) electrons. The van der Waals surface area contributed by atoms with E-state index in [1.165, 1.54) is 31.5 Å². The number of hydrogen-bond acceptors (Lipinski definition) is 3. The van der Waals surface area contributed by atoms with Gasteiger partial charge in [-0.15, -0.1) is 0 Å². The molecule has 9 rings (SSSR count). The Morgan fingerprint density at radius 1 is 0.756 bits per heavy atom. The largest absolute Gasteiger partial charge is 0.292 e. The van der Waals surface area contributed by atoms with Gasteiger partial charge in [-0.2, -0.15) is 0 Å². The standard InChI is InChI=1S/C36H22ClN3S/c37-22-17-18-26-31(20-22)40(30-19-16-21-8-1-2-9-23(21)33(26)30)36-34(38-28-13-4-5-14-29(28)39-36)27-12-7-11-25-24-10-3-6-15-32(24)41-35(25)27/h1-10,12-20,25H,11H2. The van der Waals surface area contributed by atoms with Crippen molar-refractivity contribution in [3.05, 3.63) is 136 Å².